The number of pyridine rings is 1. The summed E-state index contributed by atoms with van der Waals surface area (Å²) in [4.78, 5) is 20.5. The van der Waals surface area contributed by atoms with E-state index >= 15 is 0 Å². The highest BCUT2D eigenvalue weighted by molar-refractivity contribution is 7.13. The smallest absolute Gasteiger partial charge is 0.298 e. The molecular formula is C18H16F3N5OS. The van der Waals surface area contributed by atoms with E-state index in [1.807, 2.05) is 0 Å². The first-order valence-corrected chi connectivity index (χ1v) is 9.61. The molecule has 1 amide bonds. The van der Waals surface area contributed by atoms with E-state index < -0.39 is 11.9 Å². The highest BCUT2D eigenvalue weighted by Gasteiger charge is 2.39. The Morgan fingerprint density at radius 1 is 1.21 bits per heavy atom. The number of thiazole rings is 1. The summed E-state index contributed by atoms with van der Waals surface area (Å²) in [6, 6.07) is 3.11. The van der Waals surface area contributed by atoms with Crippen LogP contribution < -0.4 is 5.32 Å². The quantitative estimate of drug-likeness (QED) is 0.711. The molecule has 0 unspecified atom stereocenters. The van der Waals surface area contributed by atoms with Gasteiger partial charge in [-0.1, -0.05) is 0 Å². The molecular weight excluding hydrogens is 391 g/mol. The molecule has 3 aromatic rings. The zero-order chi connectivity index (χ0) is 19.7. The molecule has 0 spiro atoms. The first-order valence-electron chi connectivity index (χ1n) is 8.73. The van der Waals surface area contributed by atoms with E-state index in [0.717, 1.165) is 12.8 Å². The maximum absolute atomic E-state index is 13.3. The zero-order valence-corrected chi connectivity index (χ0v) is 15.5. The predicted octanol–water partition coefficient (Wildman–Crippen LogP) is 3.93. The fourth-order valence-corrected chi connectivity index (χ4v) is 3.87. The lowest BCUT2D eigenvalue weighted by molar-refractivity contribution is -0.142. The summed E-state index contributed by atoms with van der Waals surface area (Å²) in [6.45, 7) is 0.0801. The van der Waals surface area contributed by atoms with Crippen molar-refractivity contribution in [1.29, 1.82) is 0 Å². The summed E-state index contributed by atoms with van der Waals surface area (Å²) in [7, 11) is 0. The maximum Gasteiger partial charge on any atom is 0.435 e. The average molecular weight is 407 g/mol. The van der Waals surface area contributed by atoms with Gasteiger partial charge >= 0.3 is 6.18 Å². The van der Waals surface area contributed by atoms with Crippen LogP contribution in [-0.2, 0) is 25.6 Å². The van der Waals surface area contributed by atoms with E-state index in [1.54, 1.807) is 23.7 Å². The lowest BCUT2D eigenvalue weighted by Crippen LogP contribution is -2.14. The second kappa shape index (κ2) is 7.34. The monoisotopic (exact) mass is 407 g/mol. The summed E-state index contributed by atoms with van der Waals surface area (Å²) in [6.07, 6.45) is 1.07. The molecule has 1 N–H and O–H groups in total. The van der Waals surface area contributed by atoms with Crippen molar-refractivity contribution in [2.75, 3.05) is 5.32 Å². The van der Waals surface area contributed by atoms with E-state index in [9.17, 15) is 18.0 Å². The number of anilines is 1. The van der Waals surface area contributed by atoms with Crippen LogP contribution in [0.5, 0.6) is 0 Å². The number of rotatable bonds is 4. The molecule has 0 aliphatic heterocycles. The molecule has 4 rings (SSSR count). The Labute approximate surface area is 162 Å². The summed E-state index contributed by atoms with van der Waals surface area (Å²) in [5.41, 5.74) is 0.919. The first kappa shape index (κ1) is 18.6. The predicted molar refractivity (Wildman–Crippen MR) is 97.3 cm³/mol. The highest BCUT2D eigenvalue weighted by atomic mass is 32.1. The van der Waals surface area contributed by atoms with Crippen LogP contribution in [0.3, 0.4) is 0 Å². The number of halogens is 3. The van der Waals surface area contributed by atoms with Crippen LogP contribution in [0.15, 0.2) is 29.9 Å². The summed E-state index contributed by atoms with van der Waals surface area (Å²) in [5, 5.41) is 8.72. The number of nitrogens with zero attached hydrogens (tertiary/aromatic N) is 4. The van der Waals surface area contributed by atoms with Gasteiger partial charge in [0.2, 0.25) is 0 Å². The zero-order valence-electron chi connectivity index (χ0n) is 14.7. The molecule has 10 heteroatoms. The van der Waals surface area contributed by atoms with Crippen LogP contribution in [0, 0.1) is 0 Å². The number of amides is 1. The molecule has 0 fully saturated rings. The Balaban J connectivity index is 1.60. The standard InChI is InChI=1S/C18H16F3N5OS/c19-18(20,21)15-13-3-1-2-4-14(13)26(25-15)10-12-9-11(5-6-22-12)16(27)24-17-23-7-8-28-17/h5-9H,1-4,10H2,(H,23,24,27). The van der Waals surface area contributed by atoms with Crippen molar-refractivity contribution >= 4 is 22.4 Å². The van der Waals surface area contributed by atoms with Gasteiger partial charge in [-0.2, -0.15) is 18.3 Å². The molecule has 0 saturated carbocycles. The van der Waals surface area contributed by atoms with Gasteiger partial charge < -0.3 is 0 Å². The molecule has 3 heterocycles. The number of fused-ring (bicyclic) bond motifs is 1. The second-order valence-corrected chi connectivity index (χ2v) is 7.36. The molecule has 146 valence electrons. The third-order valence-corrected chi connectivity index (χ3v) is 5.26. The Morgan fingerprint density at radius 3 is 2.79 bits per heavy atom. The van der Waals surface area contributed by atoms with Gasteiger partial charge in [-0.05, 0) is 37.8 Å². The molecule has 0 atom stereocenters. The number of carbonyl (C=O) groups excluding carboxylic acids is 1. The average Bonchev–Trinajstić information content (AvgIpc) is 3.30. The van der Waals surface area contributed by atoms with Crippen LogP contribution in [0.25, 0.3) is 0 Å². The molecule has 0 aromatic carbocycles. The first-order chi connectivity index (χ1) is 13.4. The minimum absolute atomic E-state index is 0.0801. The lowest BCUT2D eigenvalue weighted by atomic mass is 9.95. The third-order valence-electron chi connectivity index (χ3n) is 4.57. The second-order valence-electron chi connectivity index (χ2n) is 6.46. The Hall–Kier alpha value is -2.75. The molecule has 0 radical (unpaired) electrons. The summed E-state index contributed by atoms with van der Waals surface area (Å²) >= 11 is 1.29. The Morgan fingerprint density at radius 2 is 2.04 bits per heavy atom. The lowest BCUT2D eigenvalue weighted by Gasteiger charge is -2.14. The van der Waals surface area contributed by atoms with Crippen molar-refractivity contribution < 1.29 is 18.0 Å². The molecule has 6 nitrogen and oxygen atoms in total. The van der Waals surface area contributed by atoms with E-state index in [2.05, 4.69) is 20.4 Å². The number of alkyl halides is 3. The fraction of sp³-hybridized carbons (Fsp3) is 0.333. The SMILES string of the molecule is O=C(Nc1nccs1)c1ccnc(Cn2nc(C(F)(F)F)c3c2CCCC3)c1. The number of hydrogen-bond donors (Lipinski definition) is 1. The number of aromatic nitrogens is 4. The van der Waals surface area contributed by atoms with Gasteiger partial charge in [-0.3, -0.25) is 19.8 Å². The van der Waals surface area contributed by atoms with Crippen LogP contribution in [-0.4, -0.2) is 25.7 Å². The van der Waals surface area contributed by atoms with Gasteiger partial charge in [0.25, 0.3) is 5.91 Å². The van der Waals surface area contributed by atoms with Crippen molar-refractivity contribution in [3.8, 4) is 0 Å². The molecule has 1 aliphatic rings. The van der Waals surface area contributed by atoms with Crippen LogP contribution in [0.1, 0.15) is 45.8 Å². The Kier molecular flexibility index (Phi) is 4.88. The van der Waals surface area contributed by atoms with Crippen molar-refractivity contribution in [2.45, 2.75) is 38.4 Å². The van der Waals surface area contributed by atoms with Gasteiger partial charge in [0.1, 0.15) is 0 Å². The van der Waals surface area contributed by atoms with Gasteiger partial charge in [0.15, 0.2) is 10.8 Å². The normalized spacial score (nSPS) is 14.0. The summed E-state index contributed by atoms with van der Waals surface area (Å²) in [5.74, 6) is -0.350. The highest BCUT2D eigenvalue weighted by Crippen LogP contribution is 2.36. The van der Waals surface area contributed by atoms with E-state index in [-0.39, 0.29) is 18.0 Å². The minimum Gasteiger partial charge on any atom is -0.298 e. The molecule has 28 heavy (non-hydrogen) atoms. The van der Waals surface area contributed by atoms with E-state index in [1.165, 1.54) is 22.2 Å². The van der Waals surface area contributed by atoms with Crippen molar-refractivity contribution in [3.05, 3.63) is 58.1 Å². The summed E-state index contributed by atoms with van der Waals surface area (Å²) < 4.78 is 41.4. The molecule has 0 saturated heterocycles. The molecule has 0 bridgehead atoms. The van der Waals surface area contributed by atoms with Crippen LogP contribution >= 0.6 is 11.3 Å². The van der Waals surface area contributed by atoms with Gasteiger partial charge in [-0.25, -0.2) is 4.98 Å². The van der Waals surface area contributed by atoms with Gasteiger partial charge in [-0.15, -0.1) is 11.3 Å². The van der Waals surface area contributed by atoms with E-state index in [4.69, 9.17) is 0 Å². The minimum atomic E-state index is -4.48. The maximum atomic E-state index is 13.3. The largest absolute Gasteiger partial charge is 0.435 e. The van der Waals surface area contributed by atoms with Crippen LogP contribution in [0.2, 0.25) is 0 Å². The van der Waals surface area contributed by atoms with Crippen LogP contribution in [0.4, 0.5) is 18.3 Å². The van der Waals surface area contributed by atoms with Gasteiger partial charge in [0.05, 0.1) is 12.2 Å². The topological polar surface area (TPSA) is 72.7 Å². The molecule has 3 aromatic heterocycles. The number of carbonyl (C=O) groups is 1. The van der Waals surface area contributed by atoms with Crippen molar-refractivity contribution in [1.82, 2.24) is 19.7 Å². The van der Waals surface area contributed by atoms with Crippen molar-refractivity contribution in [3.63, 3.8) is 0 Å². The van der Waals surface area contributed by atoms with Crippen molar-refractivity contribution in [2.24, 2.45) is 0 Å². The van der Waals surface area contributed by atoms with Gasteiger partial charge in [0, 0.05) is 34.6 Å². The number of hydrogen-bond acceptors (Lipinski definition) is 5. The Bertz CT molecular complexity index is 997. The fourth-order valence-electron chi connectivity index (χ4n) is 3.34. The number of nitrogens with one attached hydrogen (secondary N) is 1. The third kappa shape index (κ3) is 3.77. The van der Waals surface area contributed by atoms with E-state index in [0.29, 0.717) is 34.9 Å². The molecule has 1 aliphatic carbocycles.